The second-order valence-corrected chi connectivity index (χ2v) is 10.2. The van der Waals surface area contributed by atoms with Gasteiger partial charge in [-0.05, 0) is 43.7 Å². The zero-order valence-corrected chi connectivity index (χ0v) is 20.3. The number of ketones is 1. The zero-order valence-electron chi connectivity index (χ0n) is 19.4. The maximum atomic E-state index is 13.5. The highest BCUT2D eigenvalue weighted by Gasteiger charge is 2.32. The molecule has 4 atom stereocenters. The largest absolute Gasteiger partial charge is 0.481 e. The van der Waals surface area contributed by atoms with E-state index in [1.54, 1.807) is 13.3 Å². The molecule has 4 heterocycles. The van der Waals surface area contributed by atoms with Gasteiger partial charge in [-0.3, -0.25) is 4.79 Å². The van der Waals surface area contributed by atoms with Crippen LogP contribution in [-0.2, 0) is 11.2 Å². The van der Waals surface area contributed by atoms with Crippen LogP contribution in [0, 0.1) is 12.8 Å². The molecule has 1 aliphatic heterocycles. The van der Waals surface area contributed by atoms with Crippen molar-refractivity contribution >= 4 is 22.9 Å². The van der Waals surface area contributed by atoms with Crippen molar-refractivity contribution in [3.63, 3.8) is 0 Å². The fourth-order valence-corrected chi connectivity index (χ4v) is 5.79. The topological polar surface area (TPSA) is 106 Å². The molecule has 1 saturated carbocycles. The highest BCUT2D eigenvalue weighted by Crippen LogP contribution is 2.38. The fourth-order valence-electron chi connectivity index (χ4n) is 4.79. The van der Waals surface area contributed by atoms with E-state index in [0.717, 1.165) is 34.5 Å². The van der Waals surface area contributed by atoms with Gasteiger partial charge in [0.25, 0.3) is 0 Å². The van der Waals surface area contributed by atoms with Gasteiger partial charge in [-0.25, -0.2) is 15.0 Å². The smallest absolute Gasteiger partial charge is 0.213 e. The minimum atomic E-state index is -0.345. The third kappa shape index (κ3) is 4.31. The first-order valence-corrected chi connectivity index (χ1v) is 12.3. The van der Waals surface area contributed by atoms with Crippen LogP contribution in [0.4, 0.5) is 5.82 Å². The summed E-state index contributed by atoms with van der Waals surface area (Å²) >= 11 is 1.44. The molecular weight excluding hydrogens is 452 g/mol. The summed E-state index contributed by atoms with van der Waals surface area (Å²) < 4.78 is 11.4. The Kier molecular flexibility index (Phi) is 6.33. The van der Waals surface area contributed by atoms with Crippen molar-refractivity contribution in [2.24, 2.45) is 5.92 Å². The van der Waals surface area contributed by atoms with Gasteiger partial charge in [0.15, 0.2) is 0 Å². The number of carbonyl (C=O) groups is 1. The number of hydrogen-bond acceptors (Lipinski definition) is 9. The molecule has 3 aromatic heterocycles. The number of fused-ring (bicyclic) bond motifs is 1. The van der Waals surface area contributed by atoms with E-state index in [1.807, 2.05) is 32.0 Å². The highest BCUT2D eigenvalue weighted by molar-refractivity contribution is 7.14. The fraction of sp³-hybridized carbons (Fsp3) is 0.440. The summed E-state index contributed by atoms with van der Waals surface area (Å²) in [5, 5.41) is 13.5. The predicted octanol–water partition coefficient (Wildman–Crippen LogP) is 3.71. The lowest BCUT2D eigenvalue weighted by atomic mass is 9.97. The molecule has 0 amide bonds. The number of pyridine rings is 1. The Bertz CT molecular complexity index is 1200. The van der Waals surface area contributed by atoms with E-state index >= 15 is 0 Å². The second kappa shape index (κ2) is 9.40. The first-order chi connectivity index (χ1) is 16.4. The summed E-state index contributed by atoms with van der Waals surface area (Å²) in [5.41, 5.74) is 3.33. The molecule has 0 saturated heterocycles. The number of methoxy groups -OCH3 is 1. The molecule has 0 radical (unpaired) electrons. The van der Waals surface area contributed by atoms with E-state index in [9.17, 15) is 9.90 Å². The first kappa shape index (κ1) is 22.9. The average Bonchev–Trinajstić information content (AvgIpc) is 3.39. The van der Waals surface area contributed by atoms with Gasteiger partial charge >= 0.3 is 0 Å². The number of aromatic nitrogens is 3. The van der Waals surface area contributed by atoms with E-state index in [1.165, 1.54) is 17.7 Å². The molecule has 0 spiro atoms. The number of rotatable bonds is 6. The van der Waals surface area contributed by atoms with Crippen LogP contribution in [0.15, 0.2) is 30.7 Å². The highest BCUT2D eigenvalue weighted by atomic mass is 32.1. The Balaban J connectivity index is 1.43. The lowest BCUT2D eigenvalue weighted by molar-refractivity contribution is 0.0658. The number of aliphatic hydroxyl groups excluding tert-OH is 1. The van der Waals surface area contributed by atoms with Crippen molar-refractivity contribution in [2.75, 3.05) is 19.0 Å². The maximum Gasteiger partial charge on any atom is 0.213 e. The SMILES string of the molecule is COc1ccc2c(n1)[C@@H](c1cc(C(=O)c3cncnc3N[C@@H]3C[C@@H](C)[C@H](O)C3)sc1C)OCC2. The zero-order chi connectivity index (χ0) is 23.8. The Morgan fingerprint density at radius 1 is 1.32 bits per heavy atom. The Morgan fingerprint density at radius 3 is 2.94 bits per heavy atom. The molecule has 2 N–H and O–H groups in total. The summed E-state index contributed by atoms with van der Waals surface area (Å²) in [6.07, 6.45) is 4.56. The number of aliphatic hydroxyl groups is 1. The number of ether oxygens (including phenoxy) is 2. The number of nitrogens with zero attached hydrogens (tertiary/aromatic N) is 3. The van der Waals surface area contributed by atoms with Crippen molar-refractivity contribution in [1.82, 2.24) is 15.0 Å². The summed E-state index contributed by atoms with van der Waals surface area (Å²) in [6.45, 7) is 4.62. The number of anilines is 1. The monoisotopic (exact) mass is 480 g/mol. The standard InChI is InChI=1S/C25H28N4O4S/c1-13-8-16(9-19(13)30)28-25-18(11-26-12-27-25)23(31)20-10-17(14(2)34-20)24-22-15(6-7-33-24)4-5-21(29-22)32-3/h4-5,10-13,16,19,24,30H,6-9H2,1-3H3,(H,26,27,28)/t13-,16-,19-,24-/m1/s1. The minimum absolute atomic E-state index is 0.0697. The molecule has 2 aliphatic rings. The van der Waals surface area contributed by atoms with Crippen LogP contribution in [0.3, 0.4) is 0 Å². The molecule has 34 heavy (non-hydrogen) atoms. The van der Waals surface area contributed by atoms with Gasteiger partial charge in [-0.2, -0.15) is 0 Å². The van der Waals surface area contributed by atoms with E-state index < -0.39 is 0 Å². The summed E-state index contributed by atoms with van der Waals surface area (Å²) in [7, 11) is 1.60. The Morgan fingerprint density at radius 2 is 2.18 bits per heavy atom. The number of nitrogens with one attached hydrogen (secondary N) is 1. The average molecular weight is 481 g/mol. The normalized spacial score (nSPS) is 24.0. The first-order valence-electron chi connectivity index (χ1n) is 11.5. The molecule has 1 fully saturated rings. The molecule has 5 rings (SSSR count). The van der Waals surface area contributed by atoms with Crippen LogP contribution in [0.25, 0.3) is 0 Å². The predicted molar refractivity (Wildman–Crippen MR) is 129 cm³/mol. The Hall–Kier alpha value is -2.88. The van der Waals surface area contributed by atoms with Crippen LogP contribution in [0.5, 0.6) is 5.88 Å². The van der Waals surface area contributed by atoms with Crippen molar-refractivity contribution in [1.29, 1.82) is 0 Å². The van der Waals surface area contributed by atoms with Gasteiger partial charge in [0, 0.05) is 28.7 Å². The van der Waals surface area contributed by atoms with Gasteiger partial charge in [0.1, 0.15) is 18.2 Å². The van der Waals surface area contributed by atoms with E-state index in [4.69, 9.17) is 9.47 Å². The van der Waals surface area contributed by atoms with Crippen LogP contribution in [0.2, 0.25) is 0 Å². The quantitative estimate of drug-likeness (QED) is 0.514. The lowest BCUT2D eigenvalue weighted by Gasteiger charge is -2.25. The van der Waals surface area contributed by atoms with Gasteiger partial charge in [-0.15, -0.1) is 11.3 Å². The molecule has 0 unspecified atom stereocenters. The van der Waals surface area contributed by atoms with Gasteiger partial charge < -0.3 is 19.9 Å². The van der Waals surface area contributed by atoms with Crippen molar-refractivity contribution in [3.05, 3.63) is 62.9 Å². The molecule has 3 aromatic rings. The molecule has 0 aromatic carbocycles. The number of hydrogen-bond donors (Lipinski definition) is 2. The van der Waals surface area contributed by atoms with Crippen molar-refractivity contribution in [2.45, 2.75) is 51.4 Å². The molecule has 1 aliphatic carbocycles. The second-order valence-electron chi connectivity index (χ2n) is 8.99. The summed E-state index contributed by atoms with van der Waals surface area (Å²) in [4.78, 5) is 28.2. The maximum absolute atomic E-state index is 13.5. The number of aryl methyl sites for hydroxylation is 1. The van der Waals surface area contributed by atoms with Crippen LogP contribution in [0.1, 0.15) is 62.8 Å². The van der Waals surface area contributed by atoms with Gasteiger partial charge in [-0.1, -0.05) is 13.0 Å². The van der Waals surface area contributed by atoms with Gasteiger partial charge in [0.05, 0.1) is 36.0 Å². The molecule has 8 nitrogen and oxygen atoms in total. The minimum Gasteiger partial charge on any atom is -0.481 e. The third-order valence-corrected chi connectivity index (χ3v) is 7.76. The van der Waals surface area contributed by atoms with E-state index in [0.29, 0.717) is 35.2 Å². The van der Waals surface area contributed by atoms with Gasteiger partial charge in [0.2, 0.25) is 11.7 Å². The third-order valence-electron chi connectivity index (χ3n) is 6.70. The lowest BCUT2D eigenvalue weighted by Crippen LogP contribution is -2.20. The van der Waals surface area contributed by atoms with E-state index in [2.05, 4.69) is 20.3 Å². The molecular formula is C25H28N4O4S. The Labute approximate surface area is 202 Å². The van der Waals surface area contributed by atoms with Crippen molar-refractivity contribution in [3.8, 4) is 5.88 Å². The van der Waals surface area contributed by atoms with Crippen molar-refractivity contribution < 1.29 is 19.4 Å². The number of thiophene rings is 1. The van der Waals surface area contributed by atoms with Crippen LogP contribution < -0.4 is 10.1 Å². The molecule has 9 heteroatoms. The van der Waals surface area contributed by atoms with Crippen LogP contribution >= 0.6 is 11.3 Å². The summed E-state index contributed by atoms with van der Waals surface area (Å²) in [5.74, 6) is 1.13. The van der Waals surface area contributed by atoms with E-state index in [-0.39, 0.29) is 30.0 Å². The number of carbonyl (C=O) groups excluding carboxylic acids is 1. The molecule has 0 bridgehead atoms. The van der Waals surface area contributed by atoms with Crippen LogP contribution in [-0.4, -0.2) is 51.7 Å². The molecule has 178 valence electrons. The summed E-state index contributed by atoms with van der Waals surface area (Å²) in [6, 6.07) is 5.87.